The van der Waals surface area contributed by atoms with Crippen LogP contribution >= 0.6 is 11.8 Å². The normalized spacial score (nSPS) is 11.4. The largest absolute Gasteiger partial charge is 0.445 e. The zero-order valence-corrected chi connectivity index (χ0v) is 14.4. The third-order valence-corrected chi connectivity index (χ3v) is 4.10. The third kappa shape index (κ3) is 5.31. The van der Waals surface area contributed by atoms with Crippen molar-refractivity contribution >= 4 is 29.4 Å². The van der Waals surface area contributed by atoms with Gasteiger partial charge in [-0.05, 0) is 30.9 Å². The second-order valence-corrected chi connectivity index (χ2v) is 5.97. The number of ether oxygens (including phenoxy) is 1. The molecular formula is C18H20N2O3S. The zero-order valence-electron chi connectivity index (χ0n) is 13.6. The Bertz CT molecular complexity index is 692. The number of para-hydroxylation sites is 1. The van der Waals surface area contributed by atoms with Gasteiger partial charge in [-0.1, -0.05) is 42.5 Å². The van der Waals surface area contributed by atoms with Gasteiger partial charge in [0.15, 0.2) is 0 Å². The first-order valence-electron chi connectivity index (χ1n) is 7.51. The van der Waals surface area contributed by atoms with Gasteiger partial charge in [-0.25, -0.2) is 4.79 Å². The molecule has 24 heavy (non-hydrogen) atoms. The number of hydrogen-bond acceptors (Lipinski definition) is 4. The number of amides is 2. The lowest BCUT2D eigenvalue weighted by Crippen LogP contribution is -2.41. The maximum absolute atomic E-state index is 12.2. The molecule has 2 aromatic carbocycles. The van der Waals surface area contributed by atoms with Crippen molar-refractivity contribution in [2.75, 3.05) is 11.6 Å². The van der Waals surface area contributed by atoms with Crippen LogP contribution in [0.2, 0.25) is 0 Å². The number of carbonyl (C=O) groups is 2. The molecule has 6 heteroatoms. The first-order chi connectivity index (χ1) is 11.6. The van der Waals surface area contributed by atoms with E-state index in [1.807, 2.05) is 60.9 Å². The second-order valence-electron chi connectivity index (χ2n) is 5.12. The van der Waals surface area contributed by atoms with Crippen molar-refractivity contribution in [2.45, 2.75) is 24.5 Å². The maximum atomic E-state index is 12.2. The molecule has 0 aliphatic heterocycles. The van der Waals surface area contributed by atoms with Crippen LogP contribution < -0.4 is 10.6 Å². The molecule has 0 heterocycles. The van der Waals surface area contributed by atoms with Crippen molar-refractivity contribution in [3.05, 3.63) is 60.2 Å². The Labute approximate surface area is 145 Å². The van der Waals surface area contributed by atoms with Gasteiger partial charge in [0.05, 0.1) is 5.69 Å². The lowest BCUT2D eigenvalue weighted by atomic mass is 10.2. The Morgan fingerprint density at radius 1 is 1.08 bits per heavy atom. The summed E-state index contributed by atoms with van der Waals surface area (Å²) in [5, 5.41) is 5.34. The first kappa shape index (κ1) is 17.9. The van der Waals surface area contributed by atoms with Gasteiger partial charge < -0.3 is 15.4 Å². The number of alkyl carbamates (subject to hydrolysis) is 1. The molecule has 0 aromatic heterocycles. The van der Waals surface area contributed by atoms with Gasteiger partial charge in [0.25, 0.3) is 0 Å². The van der Waals surface area contributed by atoms with Crippen LogP contribution in [0.5, 0.6) is 0 Å². The summed E-state index contributed by atoms with van der Waals surface area (Å²) in [5.41, 5.74) is 1.61. The Morgan fingerprint density at radius 3 is 2.46 bits per heavy atom. The SMILES string of the molecule is CSc1ccccc1NC(=O)[C@H](C)NC(=O)OCc1ccccc1. The molecule has 2 N–H and O–H groups in total. The standard InChI is InChI=1S/C18H20N2O3S/c1-13(17(21)20-15-10-6-7-11-16(15)24-2)19-18(22)23-12-14-8-4-3-5-9-14/h3-11,13H,12H2,1-2H3,(H,19,22)(H,20,21)/t13-/m0/s1. The van der Waals surface area contributed by atoms with E-state index in [0.717, 1.165) is 16.1 Å². The highest BCUT2D eigenvalue weighted by molar-refractivity contribution is 7.98. The van der Waals surface area contributed by atoms with E-state index in [1.165, 1.54) is 0 Å². The van der Waals surface area contributed by atoms with E-state index in [9.17, 15) is 9.59 Å². The van der Waals surface area contributed by atoms with E-state index in [0.29, 0.717) is 0 Å². The zero-order chi connectivity index (χ0) is 17.4. The molecule has 0 radical (unpaired) electrons. The molecule has 2 rings (SSSR count). The average Bonchev–Trinajstić information content (AvgIpc) is 2.61. The number of anilines is 1. The van der Waals surface area contributed by atoms with Crippen LogP contribution in [0.3, 0.4) is 0 Å². The van der Waals surface area contributed by atoms with Gasteiger partial charge in [-0.3, -0.25) is 4.79 Å². The fourth-order valence-corrected chi connectivity index (χ4v) is 2.55. The Kier molecular flexibility index (Phi) is 6.69. The van der Waals surface area contributed by atoms with Crippen LogP contribution in [0.4, 0.5) is 10.5 Å². The van der Waals surface area contributed by atoms with Gasteiger partial charge in [0.1, 0.15) is 12.6 Å². The maximum Gasteiger partial charge on any atom is 0.408 e. The summed E-state index contributed by atoms with van der Waals surface area (Å²) in [7, 11) is 0. The molecule has 0 saturated heterocycles. The van der Waals surface area contributed by atoms with Crippen molar-refractivity contribution in [1.29, 1.82) is 0 Å². The predicted octanol–water partition coefficient (Wildman–Crippen LogP) is 3.66. The van der Waals surface area contributed by atoms with E-state index >= 15 is 0 Å². The number of benzene rings is 2. The molecule has 0 bridgehead atoms. The number of nitrogens with one attached hydrogen (secondary N) is 2. The van der Waals surface area contributed by atoms with E-state index in [2.05, 4.69) is 10.6 Å². The number of carbonyl (C=O) groups excluding carboxylic acids is 2. The molecule has 5 nitrogen and oxygen atoms in total. The highest BCUT2D eigenvalue weighted by Crippen LogP contribution is 2.24. The lowest BCUT2D eigenvalue weighted by Gasteiger charge is -2.15. The van der Waals surface area contributed by atoms with Crippen molar-refractivity contribution in [1.82, 2.24) is 5.32 Å². The van der Waals surface area contributed by atoms with Crippen LogP contribution in [0, 0.1) is 0 Å². The average molecular weight is 344 g/mol. The quantitative estimate of drug-likeness (QED) is 0.785. The molecule has 0 aliphatic carbocycles. The second kappa shape index (κ2) is 8.98. The minimum Gasteiger partial charge on any atom is -0.445 e. The summed E-state index contributed by atoms with van der Waals surface area (Å²) in [6.07, 6.45) is 1.31. The van der Waals surface area contributed by atoms with Gasteiger partial charge in [-0.2, -0.15) is 0 Å². The number of thioether (sulfide) groups is 1. The van der Waals surface area contributed by atoms with Gasteiger partial charge >= 0.3 is 6.09 Å². The van der Waals surface area contributed by atoms with Crippen LogP contribution in [0.15, 0.2) is 59.5 Å². The van der Waals surface area contributed by atoms with E-state index in [-0.39, 0.29) is 12.5 Å². The molecule has 0 fully saturated rings. The summed E-state index contributed by atoms with van der Waals surface area (Å²) in [4.78, 5) is 25.0. The van der Waals surface area contributed by atoms with Crippen LogP contribution in [-0.2, 0) is 16.1 Å². The molecule has 126 valence electrons. The summed E-state index contributed by atoms with van der Waals surface area (Å²) in [5.74, 6) is -0.298. The highest BCUT2D eigenvalue weighted by Gasteiger charge is 2.17. The third-order valence-electron chi connectivity index (χ3n) is 3.31. The van der Waals surface area contributed by atoms with Crippen molar-refractivity contribution in [2.24, 2.45) is 0 Å². The van der Waals surface area contributed by atoms with Gasteiger partial charge in [0.2, 0.25) is 5.91 Å². The molecule has 0 unspecified atom stereocenters. The fourth-order valence-electron chi connectivity index (χ4n) is 2.00. The van der Waals surface area contributed by atoms with Crippen molar-refractivity contribution < 1.29 is 14.3 Å². The van der Waals surface area contributed by atoms with Crippen molar-refractivity contribution in [3.8, 4) is 0 Å². The molecular weight excluding hydrogens is 324 g/mol. The molecule has 2 aromatic rings. The minimum absolute atomic E-state index is 0.163. The Hall–Kier alpha value is -2.47. The minimum atomic E-state index is -0.705. The molecule has 0 spiro atoms. The topological polar surface area (TPSA) is 67.4 Å². The molecule has 0 saturated carbocycles. The van der Waals surface area contributed by atoms with E-state index < -0.39 is 12.1 Å². The molecule has 1 atom stereocenters. The summed E-state index contributed by atoms with van der Waals surface area (Å²) < 4.78 is 5.11. The van der Waals surface area contributed by atoms with E-state index in [4.69, 9.17) is 4.74 Å². The number of hydrogen-bond donors (Lipinski definition) is 2. The Morgan fingerprint density at radius 2 is 1.75 bits per heavy atom. The Balaban J connectivity index is 1.83. The van der Waals surface area contributed by atoms with Crippen LogP contribution in [0.1, 0.15) is 12.5 Å². The predicted molar refractivity (Wildman–Crippen MR) is 96.1 cm³/mol. The highest BCUT2D eigenvalue weighted by atomic mass is 32.2. The van der Waals surface area contributed by atoms with Crippen molar-refractivity contribution in [3.63, 3.8) is 0 Å². The van der Waals surface area contributed by atoms with Crippen LogP contribution in [-0.4, -0.2) is 24.3 Å². The summed E-state index contributed by atoms with van der Waals surface area (Å²) in [6, 6.07) is 16.2. The summed E-state index contributed by atoms with van der Waals surface area (Å²) in [6.45, 7) is 1.77. The molecule has 0 aliphatic rings. The van der Waals surface area contributed by atoms with Crippen LogP contribution in [0.25, 0.3) is 0 Å². The number of rotatable bonds is 6. The van der Waals surface area contributed by atoms with Gasteiger partial charge in [0, 0.05) is 4.90 Å². The first-order valence-corrected chi connectivity index (χ1v) is 8.73. The van der Waals surface area contributed by atoms with E-state index in [1.54, 1.807) is 18.7 Å². The summed E-state index contributed by atoms with van der Waals surface area (Å²) >= 11 is 1.54. The molecule has 2 amide bonds. The monoisotopic (exact) mass is 344 g/mol. The smallest absolute Gasteiger partial charge is 0.408 e. The fraction of sp³-hybridized carbons (Fsp3) is 0.222. The van der Waals surface area contributed by atoms with Gasteiger partial charge in [-0.15, -0.1) is 11.8 Å². The lowest BCUT2D eigenvalue weighted by molar-refractivity contribution is -0.117.